The van der Waals surface area contributed by atoms with Gasteiger partial charge in [0.05, 0.1) is 28.9 Å². The third-order valence-corrected chi connectivity index (χ3v) is 6.91. The van der Waals surface area contributed by atoms with Crippen molar-refractivity contribution in [2.24, 2.45) is 0 Å². The molecule has 0 aliphatic carbocycles. The van der Waals surface area contributed by atoms with Crippen molar-refractivity contribution in [3.8, 4) is 5.75 Å². The molecule has 2 aromatic carbocycles. The average Bonchev–Trinajstić information content (AvgIpc) is 3.18. The molecule has 0 radical (unpaired) electrons. The van der Waals surface area contributed by atoms with Gasteiger partial charge < -0.3 is 9.64 Å². The number of methoxy groups -OCH3 is 1. The van der Waals surface area contributed by atoms with Gasteiger partial charge in [0.15, 0.2) is 0 Å². The number of thiazole rings is 1. The first kappa shape index (κ1) is 20.8. The standard InChI is InChI=1S/C24H29N3O2S/c1-17-10-11-21(29-3)19(13-17)14-26(2)16-23(28)27-12-6-7-18(15-27)24-25-20-8-4-5-9-22(20)30-24/h4-5,8-11,13,18H,6-7,12,14-16H2,1-3H3/t18-/m0/s1. The van der Waals surface area contributed by atoms with E-state index in [9.17, 15) is 4.79 Å². The Hall–Kier alpha value is -2.44. The largest absolute Gasteiger partial charge is 0.496 e. The number of ether oxygens (including phenoxy) is 1. The van der Waals surface area contributed by atoms with Crippen LogP contribution in [0.15, 0.2) is 42.5 Å². The lowest BCUT2D eigenvalue weighted by atomic mass is 9.98. The molecule has 0 saturated carbocycles. The number of likely N-dealkylation sites (tertiary alicyclic amines) is 1. The molecular weight excluding hydrogens is 394 g/mol. The third-order valence-electron chi connectivity index (χ3n) is 5.72. The molecule has 30 heavy (non-hydrogen) atoms. The van der Waals surface area contributed by atoms with E-state index in [-0.39, 0.29) is 5.91 Å². The third kappa shape index (κ3) is 4.65. The van der Waals surface area contributed by atoms with E-state index in [2.05, 4.69) is 36.1 Å². The van der Waals surface area contributed by atoms with E-state index in [4.69, 9.17) is 9.72 Å². The van der Waals surface area contributed by atoms with Crippen LogP contribution in [0.25, 0.3) is 10.2 Å². The van der Waals surface area contributed by atoms with Gasteiger partial charge in [-0.3, -0.25) is 9.69 Å². The van der Waals surface area contributed by atoms with Crippen molar-refractivity contribution in [2.75, 3.05) is 33.8 Å². The molecule has 1 saturated heterocycles. The monoisotopic (exact) mass is 423 g/mol. The number of carbonyl (C=O) groups excluding carboxylic acids is 1. The summed E-state index contributed by atoms with van der Waals surface area (Å²) in [6, 6.07) is 14.4. The van der Waals surface area contributed by atoms with Crippen LogP contribution in [-0.2, 0) is 11.3 Å². The van der Waals surface area contributed by atoms with Crippen LogP contribution in [0, 0.1) is 6.92 Å². The fraction of sp³-hybridized carbons (Fsp3) is 0.417. The zero-order chi connectivity index (χ0) is 21.1. The molecule has 1 amide bonds. The number of piperidine rings is 1. The fourth-order valence-corrected chi connectivity index (χ4v) is 5.27. The predicted molar refractivity (Wildman–Crippen MR) is 122 cm³/mol. The van der Waals surface area contributed by atoms with Crippen LogP contribution in [0.1, 0.15) is 34.9 Å². The van der Waals surface area contributed by atoms with Gasteiger partial charge in [-0.2, -0.15) is 0 Å². The first-order valence-corrected chi connectivity index (χ1v) is 11.3. The number of hydrogen-bond acceptors (Lipinski definition) is 5. The van der Waals surface area contributed by atoms with Gasteiger partial charge in [-0.05, 0) is 45.0 Å². The Kier molecular flexibility index (Phi) is 6.35. The van der Waals surface area contributed by atoms with E-state index in [0.29, 0.717) is 19.0 Å². The predicted octanol–water partition coefficient (Wildman–Crippen LogP) is 4.45. The molecule has 0 bridgehead atoms. The van der Waals surface area contributed by atoms with Crippen LogP contribution in [-0.4, -0.2) is 54.5 Å². The smallest absolute Gasteiger partial charge is 0.236 e. The molecule has 4 rings (SSSR count). The van der Waals surface area contributed by atoms with Crippen LogP contribution in [0.2, 0.25) is 0 Å². The minimum atomic E-state index is 0.190. The number of para-hydroxylation sites is 1. The number of carbonyl (C=O) groups is 1. The van der Waals surface area contributed by atoms with Gasteiger partial charge in [-0.15, -0.1) is 11.3 Å². The van der Waals surface area contributed by atoms with E-state index < -0.39 is 0 Å². The molecule has 5 nitrogen and oxygen atoms in total. The van der Waals surface area contributed by atoms with Crippen LogP contribution in [0.5, 0.6) is 5.75 Å². The Morgan fingerprint density at radius 3 is 2.93 bits per heavy atom. The molecule has 1 aromatic heterocycles. The van der Waals surface area contributed by atoms with Gasteiger partial charge in [0.2, 0.25) is 5.91 Å². The second-order valence-corrected chi connectivity index (χ2v) is 9.25. The lowest BCUT2D eigenvalue weighted by molar-refractivity contribution is -0.133. The summed E-state index contributed by atoms with van der Waals surface area (Å²) in [5.41, 5.74) is 3.37. The van der Waals surface area contributed by atoms with Gasteiger partial charge in [0.1, 0.15) is 5.75 Å². The molecule has 0 spiro atoms. The zero-order valence-electron chi connectivity index (χ0n) is 17.9. The van der Waals surface area contributed by atoms with E-state index in [1.807, 2.05) is 30.1 Å². The molecule has 3 aromatic rings. The first-order chi connectivity index (χ1) is 14.5. The number of likely N-dealkylation sites (N-methyl/N-ethyl adjacent to an activating group) is 1. The van der Waals surface area contributed by atoms with Crippen molar-refractivity contribution in [1.29, 1.82) is 0 Å². The highest BCUT2D eigenvalue weighted by atomic mass is 32.1. The summed E-state index contributed by atoms with van der Waals surface area (Å²) < 4.78 is 6.71. The van der Waals surface area contributed by atoms with Crippen molar-refractivity contribution in [2.45, 2.75) is 32.2 Å². The Balaban J connectivity index is 1.39. The molecule has 1 fully saturated rings. The maximum Gasteiger partial charge on any atom is 0.236 e. The summed E-state index contributed by atoms with van der Waals surface area (Å²) in [5, 5.41) is 1.16. The minimum Gasteiger partial charge on any atom is -0.496 e. The van der Waals surface area contributed by atoms with E-state index in [0.717, 1.165) is 47.8 Å². The topological polar surface area (TPSA) is 45.7 Å². The fourth-order valence-electron chi connectivity index (χ4n) is 4.18. The van der Waals surface area contributed by atoms with Crippen molar-refractivity contribution >= 4 is 27.5 Å². The number of amides is 1. The van der Waals surface area contributed by atoms with Gasteiger partial charge in [-0.25, -0.2) is 4.98 Å². The quantitative estimate of drug-likeness (QED) is 0.588. The van der Waals surface area contributed by atoms with Crippen molar-refractivity contribution < 1.29 is 9.53 Å². The first-order valence-electron chi connectivity index (χ1n) is 10.5. The van der Waals surface area contributed by atoms with Gasteiger partial charge in [0.25, 0.3) is 0 Å². The summed E-state index contributed by atoms with van der Waals surface area (Å²) in [5.74, 6) is 1.39. The second kappa shape index (κ2) is 9.14. The average molecular weight is 424 g/mol. The normalized spacial score (nSPS) is 16.9. The van der Waals surface area contributed by atoms with E-state index >= 15 is 0 Å². The maximum absolute atomic E-state index is 13.0. The Labute approximate surface area is 182 Å². The van der Waals surface area contributed by atoms with Gasteiger partial charge in [0, 0.05) is 31.1 Å². The van der Waals surface area contributed by atoms with Crippen molar-refractivity contribution in [3.63, 3.8) is 0 Å². The number of aryl methyl sites for hydroxylation is 1. The summed E-state index contributed by atoms with van der Waals surface area (Å²) >= 11 is 1.77. The zero-order valence-corrected chi connectivity index (χ0v) is 18.7. The van der Waals surface area contributed by atoms with Crippen molar-refractivity contribution in [1.82, 2.24) is 14.8 Å². The number of hydrogen-bond donors (Lipinski definition) is 0. The summed E-state index contributed by atoms with van der Waals surface area (Å²) in [4.78, 5) is 21.9. The summed E-state index contributed by atoms with van der Waals surface area (Å²) in [7, 11) is 3.68. The van der Waals surface area contributed by atoms with Gasteiger partial charge in [-0.1, -0.05) is 29.8 Å². The number of benzene rings is 2. The second-order valence-electron chi connectivity index (χ2n) is 8.19. The highest BCUT2D eigenvalue weighted by Gasteiger charge is 2.27. The number of fused-ring (bicyclic) bond motifs is 1. The SMILES string of the molecule is COc1ccc(C)cc1CN(C)CC(=O)N1CCC[C@H](c2nc3ccccc3s2)C1. The van der Waals surface area contributed by atoms with Crippen LogP contribution < -0.4 is 4.74 Å². The molecule has 1 atom stereocenters. The van der Waals surface area contributed by atoms with Crippen LogP contribution in [0.4, 0.5) is 0 Å². The maximum atomic E-state index is 13.0. The van der Waals surface area contributed by atoms with Crippen LogP contribution in [0.3, 0.4) is 0 Å². The molecule has 6 heteroatoms. The molecule has 158 valence electrons. The molecule has 2 heterocycles. The van der Waals surface area contributed by atoms with E-state index in [1.165, 1.54) is 10.3 Å². The number of rotatable bonds is 6. The Bertz CT molecular complexity index is 999. The molecular formula is C24H29N3O2S. The number of aromatic nitrogens is 1. The summed E-state index contributed by atoms with van der Waals surface area (Å²) in [6.07, 6.45) is 2.13. The molecule has 0 unspecified atom stereocenters. The van der Waals surface area contributed by atoms with Crippen molar-refractivity contribution in [3.05, 3.63) is 58.6 Å². The van der Waals surface area contributed by atoms with Crippen LogP contribution >= 0.6 is 11.3 Å². The lowest BCUT2D eigenvalue weighted by Crippen LogP contribution is -2.43. The van der Waals surface area contributed by atoms with Gasteiger partial charge >= 0.3 is 0 Å². The summed E-state index contributed by atoms with van der Waals surface area (Å²) in [6.45, 7) is 4.77. The lowest BCUT2D eigenvalue weighted by Gasteiger charge is -2.33. The minimum absolute atomic E-state index is 0.190. The molecule has 1 aliphatic rings. The Morgan fingerprint density at radius 1 is 1.30 bits per heavy atom. The number of nitrogens with zero attached hydrogens (tertiary/aromatic N) is 3. The molecule has 0 N–H and O–H groups in total. The molecule has 1 aliphatic heterocycles. The highest BCUT2D eigenvalue weighted by Crippen LogP contribution is 2.33. The Morgan fingerprint density at radius 2 is 2.13 bits per heavy atom. The van der Waals surface area contributed by atoms with E-state index in [1.54, 1.807) is 18.4 Å². The highest BCUT2D eigenvalue weighted by molar-refractivity contribution is 7.18.